The van der Waals surface area contributed by atoms with Crippen molar-refractivity contribution in [3.05, 3.63) is 42.2 Å². The first-order chi connectivity index (χ1) is 11.2. The van der Waals surface area contributed by atoms with E-state index in [4.69, 9.17) is 9.47 Å². The second kappa shape index (κ2) is 5.73. The van der Waals surface area contributed by atoms with Crippen molar-refractivity contribution in [1.82, 2.24) is 20.3 Å². The quantitative estimate of drug-likeness (QED) is 0.794. The number of nitrogens with zero attached hydrogens (tertiary/aromatic N) is 3. The van der Waals surface area contributed by atoms with Crippen molar-refractivity contribution in [3.8, 4) is 5.69 Å². The summed E-state index contributed by atoms with van der Waals surface area (Å²) in [7, 11) is 0. The number of para-hydroxylation sites is 1. The minimum atomic E-state index is -0.638. The van der Waals surface area contributed by atoms with Gasteiger partial charge < -0.3 is 19.9 Å². The number of nitrogens with one attached hydrogen (secondary N) is 1. The number of aliphatic hydroxyl groups excluding tert-OH is 1. The van der Waals surface area contributed by atoms with Crippen LogP contribution in [0.1, 0.15) is 10.5 Å². The van der Waals surface area contributed by atoms with Crippen molar-refractivity contribution in [2.75, 3.05) is 13.2 Å². The third kappa shape index (κ3) is 2.61. The molecule has 1 aromatic carbocycles. The molecule has 2 N–H and O–H groups in total. The highest BCUT2D eigenvalue weighted by Gasteiger charge is 2.47. The fourth-order valence-corrected chi connectivity index (χ4v) is 2.92. The Hall–Kier alpha value is -2.29. The molecule has 1 aromatic heterocycles. The van der Waals surface area contributed by atoms with Gasteiger partial charge in [-0.3, -0.25) is 4.79 Å². The number of hydrogen-bond donors (Lipinski definition) is 2. The van der Waals surface area contributed by atoms with Gasteiger partial charge in [-0.2, -0.15) is 0 Å². The van der Waals surface area contributed by atoms with Gasteiger partial charge in [0, 0.05) is 0 Å². The molecule has 4 rings (SSSR count). The Balaban J connectivity index is 1.45. The fourth-order valence-electron chi connectivity index (χ4n) is 2.92. The molecule has 3 heterocycles. The van der Waals surface area contributed by atoms with Gasteiger partial charge in [-0.15, -0.1) is 5.10 Å². The third-order valence-corrected chi connectivity index (χ3v) is 4.09. The second-order valence-electron chi connectivity index (χ2n) is 5.63. The average molecular weight is 316 g/mol. The van der Waals surface area contributed by atoms with Crippen LogP contribution in [-0.4, -0.2) is 63.6 Å². The zero-order chi connectivity index (χ0) is 15.8. The van der Waals surface area contributed by atoms with Crippen LogP contribution in [0.2, 0.25) is 0 Å². The van der Waals surface area contributed by atoms with E-state index in [0.29, 0.717) is 6.61 Å². The summed E-state index contributed by atoms with van der Waals surface area (Å²) in [5.41, 5.74) is 1.04. The van der Waals surface area contributed by atoms with Crippen LogP contribution < -0.4 is 5.32 Å². The Bertz CT molecular complexity index is 705. The van der Waals surface area contributed by atoms with E-state index in [9.17, 15) is 9.90 Å². The molecule has 2 aliphatic rings. The zero-order valence-corrected chi connectivity index (χ0v) is 12.2. The number of carbonyl (C=O) groups excluding carboxylic acids is 1. The maximum atomic E-state index is 12.3. The van der Waals surface area contributed by atoms with Gasteiger partial charge in [0.2, 0.25) is 0 Å². The minimum absolute atomic E-state index is 0.218. The molecule has 2 aliphatic heterocycles. The summed E-state index contributed by atoms with van der Waals surface area (Å²) in [5.74, 6) is -0.341. The summed E-state index contributed by atoms with van der Waals surface area (Å²) in [6, 6.07) is 9.12. The van der Waals surface area contributed by atoms with E-state index in [1.54, 1.807) is 10.9 Å². The predicted octanol–water partition coefficient (Wildman–Crippen LogP) is -0.476. The molecule has 4 atom stereocenters. The molecule has 2 aromatic rings. The number of benzene rings is 1. The van der Waals surface area contributed by atoms with Crippen molar-refractivity contribution in [3.63, 3.8) is 0 Å². The van der Waals surface area contributed by atoms with Crippen molar-refractivity contribution >= 4 is 5.91 Å². The molecular formula is C15H16N4O4. The lowest BCUT2D eigenvalue weighted by Crippen LogP contribution is -2.44. The van der Waals surface area contributed by atoms with Crippen molar-refractivity contribution in [2.45, 2.75) is 24.4 Å². The molecular weight excluding hydrogens is 300 g/mol. The van der Waals surface area contributed by atoms with Crippen molar-refractivity contribution < 1.29 is 19.4 Å². The van der Waals surface area contributed by atoms with Crippen molar-refractivity contribution in [2.24, 2.45) is 0 Å². The number of hydrogen-bond acceptors (Lipinski definition) is 6. The summed E-state index contributed by atoms with van der Waals surface area (Å²) in [5, 5.41) is 20.4. The molecule has 8 heteroatoms. The maximum Gasteiger partial charge on any atom is 0.273 e. The van der Waals surface area contributed by atoms with Gasteiger partial charge in [-0.1, -0.05) is 23.4 Å². The van der Waals surface area contributed by atoms with Gasteiger partial charge >= 0.3 is 0 Å². The van der Waals surface area contributed by atoms with Crippen LogP contribution in [0.3, 0.4) is 0 Å². The van der Waals surface area contributed by atoms with E-state index in [2.05, 4.69) is 15.6 Å². The first-order valence-electron chi connectivity index (χ1n) is 7.42. The first kappa shape index (κ1) is 14.3. The molecule has 0 aliphatic carbocycles. The monoisotopic (exact) mass is 316 g/mol. The van der Waals surface area contributed by atoms with Crippen LogP contribution in [0, 0.1) is 0 Å². The lowest BCUT2D eigenvalue weighted by atomic mass is 10.1. The number of rotatable bonds is 3. The molecule has 0 radical (unpaired) electrons. The van der Waals surface area contributed by atoms with Gasteiger partial charge in [-0.05, 0) is 12.1 Å². The number of amides is 1. The van der Waals surface area contributed by atoms with Crippen molar-refractivity contribution in [1.29, 1.82) is 0 Å². The first-order valence-corrected chi connectivity index (χ1v) is 7.42. The summed E-state index contributed by atoms with van der Waals surface area (Å²) < 4.78 is 12.5. The van der Waals surface area contributed by atoms with E-state index in [1.807, 2.05) is 30.3 Å². The van der Waals surface area contributed by atoms with Gasteiger partial charge in [0.05, 0.1) is 31.1 Å². The highest BCUT2D eigenvalue weighted by molar-refractivity contribution is 5.92. The summed E-state index contributed by atoms with van der Waals surface area (Å²) in [6.07, 6.45) is 0.238. The van der Waals surface area contributed by atoms with Crippen LogP contribution in [0.4, 0.5) is 0 Å². The molecule has 0 spiro atoms. The standard InChI is InChI=1S/C15H16N4O4/c20-12-8-23-13-11(7-22-14(12)13)16-15(21)10-6-19(18-17-10)9-4-2-1-3-5-9/h1-6,11-14,20H,7-8H2,(H,16,21)/t11-,12+,13+,14+/m0/s1. The SMILES string of the molecule is O=C(N[C@H]1CO[C@H]2[C@@H]1OC[C@H]2O)c1cn(-c2ccccc2)nn1. The van der Waals surface area contributed by atoms with Gasteiger partial charge in [0.1, 0.15) is 18.3 Å². The molecule has 8 nitrogen and oxygen atoms in total. The fraction of sp³-hybridized carbons (Fsp3) is 0.400. The largest absolute Gasteiger partial charge is 0.388 e. The lowest BCUT2D eigenvalue weighted by Gasteiger charge is -2.16. The van der Waals surface area contributed by atoms with Crippen LogP contribution in [0.5, 0.6) is 0 Å². The molecule has 23 heavy (non-hydrogen) atoms. The topological polar surface area (TPSA) is 98.5 Å². The van der Waals surface area contributed by atoms with Crippen LogP contribution in [0.15, 0.2) is 36.5 Å². The third-order valence-electron chi connectivity index (χ3n) is 4.09. The van der Waals surface area contributed by atoms with E-state index in [-0.39, 0.29) is 36.5 Å². The number of aromatic nitrogens is 3. The lowest BCUT2D eigenvalue weighted by molar-refractivity contribution is 0.0178. The second-order valence-corrected chi connectivity index (χ2v) is 5.63. The summed E-state index contributed by atoms with van der Waals surface area (Å²) >= 11 is 0. The van der Waals surface area contributed by atoms with E-state index in [0.717, 1.165) is 5.69 Å². The van der Waals surface area contributed by atoms with E-state index in [1.165, 1.54) is 0 Å². The predicted molar refractivity (Wildman–Crippen MR) is 78.1 cm³/mol. The highest BCUT2D eigenvalue weighted by Crippen LogP contribution is 2.27. The Morgan fingerprint density at radius 3 is 2.83 bits per heavy atom. The summed E-state index contributed by atoms with van der Waals surface area (Å²) in [6.45, 7) is 0.539. The minimum Gasteiger partial charge on any atom is -0.388 e. The van der Waals surface area contributed by atoms with Crippen LogP contribution in [0.25, 0.3) is 5.69 Å². The van der Waals surface area contributed by atoms with Crippen LogP contribution in [-0.2, 0) is 9.47 Å². The molecule has 2 fully saturated rings. The Kier molecular flexibility index (Phi) is 3.56. The van der Waals surface area contributed by atoms with E-state index >= 15 is 0 Å². The number of ether oxygens (including phenoxy) is 2. The van der Waals surface area contributed by atoms with E-state index < -0.39 is 6.10 Å². The number of aliphatic hydroxyl groups is 1. The molecule has 0 bridgehead atoms. The smallest absolute Gasteiger partial charge is 0.273 e. The highest BCUT2D eigenvalue weighted by atomic mass is 16.6. The maximum absolute atomic E-state index is 12.3. The van der Waals surface area contributed by atoms with Gasteiger partial charge in [0.25, 0.3) is 5.91 Å². The average Bonchev–Trinajstić information content (AvgIpc) is 3.28. The number of carbonyl (C=O) groups is 1. The molecule has 1 amide bonds. The molecule has 120 valence electrons. The van der Waals surface area contributed by atoms with Gasteiger partial charge in [-0.25, -0.2) is 4.68 Å². The van der Waals surface area contributed by atoms with Gasteiger partial charge in [0.15, 0.2) is 5.69 Å². The molecule has 2 saturated heterocycles. The Morgan fingerprint density at radius 2 is 2.00 bits per heavy atom. The molecule has 0 unspecified atom stereocenters. The molecule has 0 saturated carbocycles. The zero-order valence-electron chi connectivity index (χ0n) is 12.2. The van der Waals surface area contributed by atoms with Crippen LogP contribution >= 0.6 is 0 Å². The summed E-state index contributed by atoms with van der Waals surface area (Å²) in [4.78, 5) is 12.3. The Morgan fingerprint density at radius 1 is 1.22 bits per heavy atom. The normalized spacial score (nSPS) is 29.4. The number of fused-ring (bicyclic) bond motifs is 1. The Labute approximate surface area is 132 Å².